The summed E-state index contributed by atoms with van der Waals surface area (Å²) < 4.78 is 0. The Balaban J connectivity index is 1.79. The van der Waals surface area contributed by atoms with Crippen molar-refractivity contribution in [3.05, 3.63) is 84.4 Å². The number of carbonyl (C=O) groups excluding carboxylic acids is 1. The fraction of sp³-hybridized carbons (Fsp3) is 0.318. The maximum Gasteiger partial charge on any atom is 0.240 e. The number of hydrogen-bond donors (Lipinski definition) is 0. The van der Waals surface area contributed by atoms with Crippen LogP contribution in [-0.4, -0.2) is 34.8 Å². The van der Waals surface area contributed by atoms with Crippen LogP contribution >= 0.6 is 0 Å². The van der Waals surface area contributed by atoms with Crippen LogP contribution in [0.15, 0.2) is 73.3 Å². The van der Waals surface area contributed by atoms with Crippen molar-refractivity contribution in [2.45, 2.75) is 32.0 Å². The zero-order valence-corrected chi connectivity index (χ0v) is 14.7. The molecule has 0 spiro atoms. The lowest BCUT2D eigenvalue weighted by Gasteiger charge is -2.30. The molecular weight excluding hydrogens is 308 g/mol. The van der Waals surface area contributed by atoms with Crippen LogP contribution in [-0.2, 0) is 17.9 Å². The van der Waals surface area contributed by atoms with Gasteiger partial charge in [0.2, 0.25) is 5.91 Å². The number of nitrogens with zero attached hydrogens (tertiary/aromatic N) is 2. The van der Waals surface area contributed by atoms with E-state index in [1.165, 1.54) is 11.1 Å². The fourth-order valence-electron chi connectivity index (χ4n) is 3.52. The molecule has 1 saturated heterocycles. The quantitative estimate of drug-likeness (QED) is 0.718. The zero-order valence-electron chi connectivity index (χ0n) is 14.7. The van der Waals surface area contributed by atoms with E-state index in [4.69, 9.17) is 0 Å². The molecule has 3 rings (SSSR count). The number of hydrogen-bond acceptors (Lipinski definition) is 2. The van der Waals surface area contributed by atoms with Gasteiger partial charge in [0.05, 0.1) is 6.04 Å². The van der Waals surface area contributed by atoms with E-state index in [0.717, 1.165) is 25.9 Å². The second-order valence-corrected chi connectivity index (χ2v) is 6.61. The van der Waals surface area contributed by atoms with Gasteiger partial charge < -0.3 is 4.90 Å². The monoisotopic (exact) mass is 334 g/mol. The van der Waals surface area contributed by atoms with Gasteiger partial charge in [-0.25, -0.2) is 0 Å². The number of benzene rings is 2. The van der Waals surface area contributed by atoms with Crippen molar-refractivity contribution < 1.29 is 4.79 Å². The van der Waals surface area contributed by atoms with E-state index < -0.39 is 0 Å². The molecule has 0 aliphatic carbocycles. The van der Waals surface area contributed by atoms with Gasteiger partial charge in [0.25, 0.3) is 0 Å². The van der Waals surface area contributed by atoms with Crippen molar-refractivity contribution in [1.29, 1.82) is 0 Å². The van der Waals surface area contributed by atoms with Gasteiger partial charge in [0.15, 0.2) is 0 Å². The number of carbonyl (C=O) groups is 1. The van der Waals surface area contributed by atoms with Gasteiger partial charge in [-0.05, 0) is 30.5 Å². The number of amides is 1. The Kier molecular flexibility index (Phi) is 6.02. The highest BCUT2D eigenvalue weighted by Crippen LogP contribution is 2.21. The van der Waals surface area contributed by atoms with Crippen LogP contribution in [0, 0.1) is 0 Å². The number of rotatable bonds is 7. The van der Waals surface area contributed by atoms with Crippen LogP contribution in [0.4, 0.5) is 0 Å². The topological polar surface area (TPSA) is 23.6 Å². The molecule has 1 amide bonds. The van der Waals surface area contributed by atoms with Crippen molar-refractivity contribution in [3.8, 4) is 0 Å². The normalized spacial score (nSPS) is 17.4. The largest absolute Gasteiger partial charge is 0.333 e. The lowest BCUT2D eigenvalue weighted by atomic mass is 10.1. The molecular formula is C22H26N2O. The van der Waals surface area contributed by atoms with Gasteiger partial charge in [-0.15, -0.1) is 6.58 Å². The van der Waals surface area contributed by atoms with Gasteiger partial charge in [0, 0.05) is 19.6 Å². The van der Waals surface area contributed by atoms with E-state index in [9.17, 15) is 4.79 Å². The summed E-state index contributed by atoms with van der Waals surface area (Å²) >= 11 is 0. The Morgan fingerprint density at radius 3 is 2.12 bits per heavy atom. The summed E-state index contributed by atoms with van der Waals surface area (Å²) in [6.07, 6.45) is 3.91. The standard InChI is InChI=1S/C22H26N2O/c1-2-15-23-16-9-14-21(23)22(25)24(17-19-10-5-3-6-11-19)18-20-12-7-4-8-13-20/h2-8,10-13,21H,1,9,14-18H2/t21-/m0/s1. The third kappa shape index (κ3) is 4.58. The fourth-order valence-corrected chi connectivity index (χ4v) is 3.52. The molecule has 25 heavy (non-hydrogen) atoms. The molecule has 0 aromatic heterocycles. The van der Waals surface area contributed by atoms with E-state index in [2.05, 4.69) is 35.7 Å². The minimum Gasteiger partial charge on any atom is -0.333 e. The Morgan fingerprint density at radius 2 is 1.60 bits per heavy atom. The zero-order chi connectivity index (χ0) is 17.5. The average molecular weight is 334 g/mol. The summed E-state index contributed by atoms with van der Waals surface area (Å²) in [6, 6.07) is 20.4. The summed E-state index contributed by atoms with van der Waals surface area (Å²) in [5.74, 6) is 0.229. The molecule has 3 nitrogen and oxygen atoms in total. The summed E-state index contributed by atoms with van der Waals surface area (Å²) in [7, 11) is 0. The van der Waals surface area contributed by atoms with Crippen molar-refractivity contribution >= 4 is 5.91 Å². The molecule has 3 heteroatoms. The molecule has 1 atom stereocenters. The molecule has 1 fully saturated rings. The molecule has 0 saturated carbocycles. The first-order valence-electron chi connectivity index (χ1n) is 8.99. The minimum absolute atomic E-state index is 0.0228. The average Bonchev–Trinajstić information content (AvgIpc) is 3.11. The highest BCUT2D eigenvalue weighted by Gasteiger charge is 2.33. The highest BCUT2D eigenvalue weighted by atomic mass is 16.2. The van der Waals surface area contributed by atoms with E-state index in [1.54, 1.807) is 0 Å². The first-order valence-corrected chi connectivity index (χ1v) is 8.99. The van der Waals surface area contributed by atoms with Crippen molar-refractivity contribution in [2.24, 2.45) is 0 Å². The lowest BCUT2D eigenvalue weighted by Crippen LogP contribution is -2.45. The first kappa shape index (κ1) is 17.4. The molecule has 0 radical (unpaired) electrons. The van der Waals surface area contributed by atoms with Gasteiger partial charge in [-0.1, -0.05) is 66.7 Å². The Hall–Kier alpha value is -2.39. The van der Waals surface area contributed by atoms with Gasteiger partial charge in [-0.2, -0.15) is 0 Å². The summed E-state index contributed by atoms with van der Waals surface area (Å²) in [5, 5.41) is 0. The van der Waals surface area contributed by atoms with E-state index in [1.807, 2.05) is 47.4 Å². The van der Waals surface area contributed by atoms with Gasteiger partial charge in [0.1, 0.15) is 0 Å². The van der Waals surface area contributed by atoms with Gasteiger partial charge >= 0.3 is 0 Å². The van der Waals surface area contributed by atoms with E-state index >= 15 is 0 Å². The highest BCUT2D eigenvalue weighted by molar-refractivity contribution is 5.82. The predicted molar refractivity (Wildman–Crippen MR) is 102 cm³/mol. The molecule has 1 heterocycles. The molecule has 1 aliphatic rings. The molecule has 1 aliphatic heterocycles. The Labute approximate surface area is 150 Å². The maximum atomic E-state index is 13.3. The third-order valence-electron chi connectivity index (χ3n) is 4.76. The second-order valence-electron chi connectivity index (χ2n) is 6.61. The summed E-state index contributed by atoms with van der Waals surface area (Å²) in [4.78, 5) is 17.5. The van der Waals surface area contributed by atoms with Crippen LogP contribution in [0.1, 0.15) is 24.0 Å². The Bertz CT molecular complexity index is 642. The summed E-state index contributed by atoms with van der Waals surface area (Å²) in [5.41, 5.74) is 2.33. The van der Waals surface area contributed by atoms with E-state index in [0.29, 0.717) is 13.1 Å². The van der Waals surface area contributed by atoms with Crippen molar-refractivity contribution in [3.63, 3.8) is 0 Å². The number of likely N-dealkylation sites (tertiary alicyclic amines) is 1. The van der Waals surface area contributed by atoms with Crippen molar-refractivity contribution in [2.75, 3.05) is 13.1 Å². The van der Waals surface area contributed by atoms with Crippen LogP contribution in [0.5, 0.6) is 0 Å². The van der Waals surface area contributed by atoms with E-state index in [-0.39, 0.29) is 11.9 Å². The van der Waals surface area contributed by atoms with Gasteiger partial charge in [-0.3, -0.25) is 9.69 Å². The Morgan fingerprint density at radius 1 is 1.04 bits per heavy atom. The first-order chi connectivity index (χ1) is 12.3. The van der Waals surface area contributed by atoms with Crippen molar-refractivity contribution in [1.82, 2.24) is 9.80 Å². The predicted octanol–water partition coefficient (Wildman–Crippen LogP) is 3.87. The van der Waals surface area contributed by atoms with Crippen LogP contribution in [0.25, 0.3) is 0 Å². The molecule has 0 N–H and O–H groups in total. The molecule has 2 aromatic rings. The molecule has 0 bridgehead atoms. The lowest BCUT2D eigenvalue weighted by molar-refractivity contribution is -0.137. The van der Waals surface area contributed by atoms with Crippen LogP contribution in [0.2, 0.25) is 0 Å². The third-order valence-corrected chi connectivity index (χ3v) is 4.76. The second kappa shape index (κ2) is 8.63. The SMILES string of the molecule is C=CCN1CCC[C@H]1C(=O)N(Cc1ccccc1)Cc1ccccc1. The smallest absolute Gasteiger partial charge is 0.240 e. The van der Waals surface area contributed by atoms with Crippen LogP contribution in [0.3, 0.4) is 0 Å². The molecule has 130 valence electrons. The molecule has 0 unspecified atom stereocenters. The van der Waals surface area contributed by atoms with Crippen LogP contribution < -0.4 is 0 Å². The maximum absolute atomic E-state index is 13.3. The molecule has 2 aromatic carbocycles. The minimum atomic E-state index is -0.0228. The summed E-state index contributed by atoms with van der Waals surface area (Å²) in [6.45, 7) is 6.88.